The number of rotatable bonds is 10. The zero-order chi connectivity index (χ0) is 23.8. The lowest BCUT2D eigenvalue weighted by molar-refractivity contribution is -0.149. The number of hydrogen-bond donors (Lipinski definition) is 7. The second kappa shape index (κ2) is 11.4. The number of benzene rings is 1. The number of likely N-dealkylation sites (tertiary alicyclic amines) is 1. The molecule has 1 aromatic rings. The van der Waals surface area contributed by atoms with E-state index in [2.05, 4.69) is 10.6 Å². The van der Waals surface area contributed by atoms with E-state index < -0.39 is 61.1 Å². The van der Waals surface area contributed by atoms with E-state index in [1.165, 1.54) is 17.0 Å². The number of nitrogens with one attached hydrogen (secondary N) is 2. The van der Waals surface area contributed by atoms with E-state index in [9.17, 15) is 34.5 Å². The van der Waals surface area contributed by atoms with Crippen molar-refractivity contribution in [3.8, 4) is 5.75 Å². The number of aromatic hydroxyl groups is 1. The van der Waals surface area contributed by atoms with Crippen LogP contribution in [0.3, 0.4) is 0 Å². The zero-order valence-corrected chi connectivity index (χ0v) is 17.3. The molecule has 0 unspecified atom stereocenters. The van der Waals surface area contributed by atoms with E-state index >= 15 is 0 Å². The monoisotopic (exact) mass is 452 g/mol. The maximum Gasteiger partial charge on any atom is 0.326 e. The summed E-state index contributed by atoms with van der Waals surface area (Å²) in [6.07, 6.45) is 0.766. The first-order valence-corrected chi connectivity index (χ1v) is 10.1. The van der Waals surface area contributed by atoms with Crippen molar-refractivity contribution < 1.29 is 39.6 Å². The summed E-state index contributed by atoms with van der Waals surface area (Å²) in [5.41, 5.74) is 5.98. The average molecular weight is 452 g/mol. The first-order chi connectivity index (χ1) is 15.2. The molecule has 1 saturated heterocycles. The number of carboxylic acid groups (broad SMARTS) is 1. The number of aliphatic hydroxyl groups excluding tert-OH is 2. The van der Waals surface area contributed by atoms with Gasteiger partial charge in [0.05, 0.1) is 13.2 Å². The lowest BCUT2D eigenvalue weighted by Gasteiger charge is -2.28. The first-order valence-electron chi connectivity index (χ1n) is 10.1. The number of hydrogen-bond acceptors (Lipinski definition) is 8. The molecule has 2 rings (SSSR count). The Labute approximate surface area is 184 Å². The Bertz CT molecular complexity index is 831. The minimum atomic E-state index is -1.44. The number of nitrogens with two attached hydrogens (primary N) is 1. The van der Waals surface area contributed by atoms with Gasteiger partial charge in [-0.25, -0.2) is 4.79 Å². The number of phenolic OH excluding ortho intramolecular Hbond substituents is 1. The fourth-order valence-corrected chi connectivity index (χ4v) is 3.38. The number of phenols is 1. The molecule has 0 spiro atoms. The van der Waals surface area contributed by atoms with Crippen LogP contribution >= 0.6 is 0 Å². The summed E-state index contributed by atoms with van der Waals surface area (Å²) < 4.78 is 0. The third-order valence-corrected chi connectivity index (χ3v) is 5.16. The Hall–Kier alpha value is -3.22. The van der Waals surface area contributed by atoms with Gasteiger partial charge in [-0.1, -0.05) is 12.1 Å². The second-order valence-corrected chi connectivity index (χ2v) is 7.49. The standard InChI is InChI=1S/C20H28N4O8/c21-13(9-25)17(28)23-15(10-26)18(29)22-14(8-11-3-5-12(27)6-4-11)19(30)24-7-1-2-16(24)20(31)32/h3-6,13-16,25-27H,1-2,7-10,21H2,(H,22,29)(H,23,28)(H,31,32)/t13-,14-,15-,16-/m0/s1. The van der Waals surface area contributed by atoms with Crippen molar-refractivity contribution in [3.63, 3.8) is 0 Å². The van der Waals surface area contributed by atoms with Crippen molar-refractivity contribution in [1.82, 2.24) is 15.5 Å². The van der Waals surface area contributed by atoms with Crippen molar-refractivity contribution in [2.45, 2.75) is 43.4 Å². The number of carboxylic acids is 1. The first kappa shape index (κ1) is 25.0. The highest BCUT2D eigenvalue weighted by atomic mass is 16.4. The number of aliphatic carboxylic acids is 1. The number of carbonyl (C=O) groups is 4. The molecule has 12 nitrogen and oxygen atoms in total. The van der Waals surface area contributed by atoms with Crippen molar-refractivity contribution >= 4 is 23.7 Å². The summed E-state index contributed by atoms with van der Waals surface area (Å²) in [5.74, 6) is -3.51. The van der Waals surface area contributed by atoms with Gasteiger partial charge in [0, 0.05) is 13.0 Å². The molecule has 1 aromatic carbocycles. The highest BCUT2D eigenvalue weighted by Gasteiger charge is 2.38. The quantitative estimate of drug-likeness (QED) is 0.197. The predicted octanol–water partition coefficient (Wildman–Crippen LogP) is -2.71. The lowest BCUT2D eigenvalue weighted by atomic mass is 10.0. The molecule has 0 aromatic heterocycles. The minimum absolute atomic E-state index is 0.00873. The van der Waals surface area contributed by atoms with Gasteiger partial charge in [-0.3, -0.25) is 14.4 Å². The average Bonchev–Trinajstić information content (AvgIpc) is 3.27. The molecule has 3 amide bonds. The molecule has 1 heterocycles. The molecule has 0 bridgehead atoms. The van der Waals surface area contributed by atoms with E-state index in [-0.39, 0.29) is 25.1 Å². The topological polar surface area (TPSA) is 203 Å². The van der Waals surface area contributed by atoms with E-state index in [1.807, 2.05) is 0 Å². The SMILES string of the molecule is N[C@@H](CO)C(=O)N[C@@H](CO)C(=O)N[C@@H](Cc1ccc(O)cc1)C(=O)N1CCC[C@H]1C(=O)O. The van der Waals surface area contributed by atoms with Crippen LogP contribution in [-0.4, -0.2) is 92.9 Å². The largest absolute Gasteiger partial charge is 0.508 e. The van der Waals surface area contributed by atoms with Crippen LogP contribution in [0.1, 0.15) is 18.4 Å². The Morgan fingerprint density at radius 3 is 2.22 bits per heavy atom. The van der Waals surface area contributed by atoms with Crippen LogP contribution < -0.4 is 16.4 Å². The van der Waals surface area contributed by atoms with Gasteiger partial charge in [0.25, 0.3) is 0 Å². The van der Waals surface area contributed by atoms with Gasteiger partial charge in [-0.2, -0.15) is 0 Å². The van der Waals surface area contributed by atoms with Gasteiger partial charge in [-0.15, -0.1) is 0 Å². The number of nitrogens with zero attached hydrogens (tertiary/aromatic N) is 1. The van der Waals surface area contributed by atoms with Crippen LogP contribution in [0.2, 0.25) is 0 Å². The molecule has 12 heteroatoms. The summed E-state index contributed by atoms with van der Waals surface area (Å²) in [7, 11) is 0. The van der Waals surface area contributed by atoms with Gasteiger partial charge in [0.1, 0.15) is 29.9 Å². The fourth-order valence-electron chi connectivity index (χ4n) is 3.38. The highest BCUT2D eigenvalue weighted by Crippen LogP contribution is 2.20. The molecule has 4 atom stereocenters. The molecular formula is C20H28N4O8. The highest BCUT2D eigenvalue weighted by molar-refractivity contribution is 5.94. The normalized spacial score (nSPS) is 18.5. The summed E-state index contributed by atoms with van der Waals surface area (Å²) in [6.45, 7) is -1.25. The van der Waals surface area contributed by atoms with Crippen LogP contribution in [0.4, 0.5) is 0 Å². The molecule has 0 aliphatic carbocycles. The second-order valence-electron chi connectivity index (χ2n) is 7.49. The van der Waals surface area contributed by atoms with Crippen LogP contribution in [-0.2, 0) is 25.6 Å². The maximum absolute atomic E-state index is 13.2. The van der Waals surface area contributed by atoms with E-state index in [0.717, 1.165) is 0 Å². The molecule has 0 saturated carbocycles. The third kappa shape index (κ3) is 6.39. The van der Waals surface area contributed by atoms with Crippen molar-refractivity contribution in [2.75, 3.05) is 19.8 Å². The smallest absolute Gasteiger partial charge is 0.326 e. The van der Waals surface area contributed by atoms with E-state index in [1.54, 1.807) is 12.1 Å². The molecule has 176 valence electrons. The number of amides is 3. The Balaban J connectivity index is 2.22. The molecule has 1 fully saturated rings. The van der Waals surface area contributed by atoms with E-state index in [0.29, 0.717) is 12.0 Å². The van der Waals surface area contributed by atoms with Gasteiger partial charge >= 0.3 is 5.97 Å². The van der Waals surface area contributed by atoms with Crippen LogP contribution in [0.15, 0.2) is 24.3 Å². The van der Waals surface area contributed by atoms with Gasteiger partial charge in [-0.05, 0) is 30.5 Å². The molecule has 1 aliphatic heterocycles. The summed E-state index contributed by atoms with van der Waals surface area (Å²) in [6, 6.07) is 0.958. The molecule has 32 heavy (non-hydrogen) atoms. The van der Waals surface area contributed by atoms with Crippen LogP contribution in [0.5, 0.6) is 5.75 Å². The van der Waals surface area contributed by atoms with Crippen LogP contribution in [0, 0.1) is 0 Å². The van der Waals surface area contributed by atoms with Gasteiger partial charge in [0.15, 0.2) is 0 Å². The third-order valence-electron chi connectivity index (χ3n) is 5.16. The number of carbonyl (C=O) groups excluding carboxylic acids is 3. The van der Waals surface area contributed by atoms with Crippen LogP contribution in [0.25, 0.3) is 0 Å². The Morgan fingerprint density at radius 1 is 1.03 bits per heavy atom. The summed E-state index contributed by atoms with van der Waals surface area (Å²) >= 11 is 0. The Kier molecular flexibility index (Phi) is 8.93. The molecule has 0 radical (unpaired) electrons. The predicted molar refractivity (Wildman–Crippen MR) is 110 cm³/mol. The molecular weight excluding hydrogens is 424 g/mol. The summed E-state index contributed by atoms with van der Waals surface area (Å²) in [4.78, 5) is 50.4. The lowest BCUT2D eigenvalue weighted by Crippen LogP contribution is -2.58. The van der Waals surface area contributed by atoms with E-state index in [4.69, 9.17) is 10.8 Å². The zero-order valence-electron chi connectivity index (χ0n) is 17.3. The van der Waals surface area contributed by atoms with Crippen molar-refractivity contribution in [3.05, 3.63) is 29.8 Å². The summed E-state index contributed by atoms with van der Waals surface area (Å²) in [5, 5.41) is 42.0. The van der Waals surface area contributed by atoms with Gasteiger partial charge < -0.3 is 41.7 Å². The molecule has 8 N–H and O–H groups in total. The fraction of sp³-hybridized carbons (Fsp3) is 0.500. The Morgan fingerprint density at radius 2 is 1.66 bits per heavy atom. The minimum Gasteiger partial charge on any atom is -0.508 e. The van der Waals surface area contributed by atoms with Crippen molar-refractivity contribution in [1.29, 1.82) is 0 Å². The number of aliphatic hydroxyl groups is 2. The maximum atomic E-state index is 13.2. The molecule has 1 aliphatic rings. The van der Waals surface area contributed by atoms with Gasteiger partial charge in [0.2, 0.25) is 17.7 Å². The van der Waals surface area contributed by atoms with Crippen molar-refractivity contribution in [2.24, 2.45) is 5.73 Å².